The van der Waals surface area contributed by atoms with Crippen LogP contribution >= 0.6 is 0 Å². The quantitative estimate of drug-likeness (QED) is 0.908. The molecule has 6 heteroatoms. The van der Waals surface area contributed by atoms with Crippen LogP contribution in [0.25, 0.3) is 5.69 Å². The first-order chi connectivity index (χ1) is 12.3. The Labute approximate surface area is 148 Å². The summed E-state index contributed by atoms with van der Waals surface area (Å²) < 4.78 is 1.84. The summed E-state index contributed by atoms with van der Waals surface area (Å²) >= 11 is 0. The molecule has 1 saturated carbocycles. The highest BCUT2D eigenvalue weighted by atomic mass is 16.2. The first kappa shape index (κ1) is 16.3. The first-order valence-corrected chi connectivity index (χ1v) is 9.30. The SMILES string of the molecule is CCN1CCC[C@H](NC(=O)c2nnn(-c3ccccc3)c2C2CC2)C1. The van der Waals surface area contributed by atoms with Crippen molar-refractivity contribution in [1.82, 2.24) is 25.2 Å². The number of carbonyl (C=O) groups is 1. The van der Waals surface area contributed by atoms with Crippen molar-refractivity contribution in [1.29, 1.82) is 0 Å². The van der Waals surface area contributed by atoms with Crippen molar-refractivity contribution < 1.29 is 4.79 Å². The topological polar surface area (TPSA) is 63.1 Å². The average Bonchev–Trinajstić information content (AvgIpc) is 3.40. The molecule has 25 heavy (non-hydrogen) atoms. The van der Waals surface area contributed by atoms with Crippen LogP contribution < -0.4 is 5.32 Å². The fraction of sp³-hybridized carbons (Fsp3) is 0.526. The Morgan fingerprint density at radius 1 is 1.24 bits per heavy atom. The second-order valence-corrected chi connectivity index (χ2v) is 7.05. The van der Waals surface area contributed by atoms with Gasteiger partial charge in [-0.1, -0.05) is 30.3 Å². The Balaban J connectivity index is 1.56. The van der Waals surface area contributed by atoms with Crippen LogP contribution in [0.4, 0.5) is 0 Å². The molecular formula is C19H25N5O. The zero-order chi connectivity index (χ0) is 17.2. The van der Waals surface area contributed by atoms with E-state index >= 15 is 0 Å². The Kier molecular flexibility index (Phi) is 4.53. The highest BCUT2D eigenvalue weighted by Gasteiger charge is 2.35. The van der Waals surface area contributed by atoms with Crippen LogP contribution in [0.15, 0.2) is 30.3 Å². The minimum Gasteiger partial charge on any atom is -0.347 e. The summed E-state index contributed by atoms with van der Waals surface area (Å²) in [5.41, 5.74) is 2.43. The number of piperidine rings is 1. The summed E-state index contributed by atoms with van der Waals surface area (Å²) in [6, 6.07) is 10.2. The molecule has 1 N–H and O–H groups in total. The minimum absolute atomic E-state index is 0.0768. The molecular weight excluding hydrogens is 314 g/mol. The Morgan fingerprint density at radius 2 is 2.04 bits per heavy atom. The van der Waals surface area contributed by atoms with E-state index in [1.54, 1.807) is 0 Å². The van der Waals surface area contributed by atoms with Gasteiger partial charge in [-0.3, -0.25) is 4.79 Å². The van der Waals surface area contributed by atoms with Crippen molar-refractivity contribution >= 4 is 5.91 Å². The largest absolute Gasteiger partial charge is 0.347 e. The number of para-hydroxylation sites is 1. The van der Waals surface area contributed by atoms with Crippen molar-refractivity contribution in [3.05, 3.63) is 41.7 Å². The van der Waals surface area contributed by atoms with Gasteiger partial charge in [0, 0.05) is 18.5 Å². The number of hydrogen-bond acceptors (Lipinski definition) is 4. The first-order valence-electron chi connectivity index (χ1n) is 9.30. The summed E-state index contributed by atoms with van der Waals surface area (Å²) in [6.07, 6.45) is 4.37. The molecule has 1 aliphatic heterocycles. The molecule has 1 aromatic carbocycles. The van der Waals surface area contributed by atoms with Gasteiger partial charge in [-0.2, -0.15) is 0 Å². The molecule has 1 aliphatic carbocycles. The summed E-state index contributed by atoms with van der Waals surface area (Å²) in [5.74, 6) is 0.321. The maximum absolute atomic E-state index is 12.9. The van der Waals surface area contributed by atoms with Crippen molar-refractivity contribution in [2.24, 2.45) is 0 Å². The molecule has 1 aromatic heterocycles. The van der Waals surface area contributed by atoms with E-state index in [1.807, 2.05) is 35.0 Å². The van der Waals surface area contributed by atoms with Gasteiger partial charge in [-0.05, 0) is 50.9 Å². The lowest BCUT2D eigenvalue weighted by atomic mass is 10.1. The third kappa shape index (κ3) is 3.44. The second-order valence-electron chi connectivity index (χ2n) is 7.05. The fourth-order valence-corrected chi connectivity index (χ4v) is 3.65. The number of benzene rings is 1. The molecule has 2 aromatic rings. The maximum Gasteiger partial charge on any atom is 0.274 e. The van der Waals surface area contributed by atoms with E-state index in [4.69, 9.17) is 0 Å². The van der Waals surface area contributed by atoms with Crippen LogP contribution in [0.2, 0.25) is 0 Å². The number of likely N-dealkylation sites (tertiary alicyclic amines) is 1. The van der Waals surface area contributed by atoms with Gasteiger partial charge in [0.25, 0.3) is 5.91 Å². The van der Waals surface area contributed by atoms with E-state index in [-0.39, 0.29) is 11.9 Å². The van der Waals surface area contributed by atoms with Gasteiger partial charge in [0.1, 0.15) is 0 Å². The Bertz CT molecular complexity index is 738. The second kappa shape index (κ2) is 6.96. The third-order valence-corrected chi connectivity index (χ3v) is 5.17. The van der Waals surface area contributed by atoms with Gasteiger partial charge in [0.05, 0.1) is 11.4 Å². The van der Waals surface area contributed by atoms with Crippen molar-refractivity contribution in [2.75, 3.05) is 19.6 Å². The smallest absolute Gasteiger partial charge is 0.274 e. The Morgan fingerprint density at radius 3 is 2.76 bits per heavy atom. The highest BCUT2D eigenvalue weighted by Crippen LogP contribution is 2.41. The van der Waals surface area contributed by atoms with Gasteiger partial charge < -0.3 is 10.2 Å². The van der Waals surface area contributed by atoms with E-state index in [9.17, 15) is 4.79 Å². The van der Waals surface area contributed by atoms with Crippen molar-refractivity contribution in [2.45, 2.75) is 44.6 Å². The minimum atomic E-state index is -0.0768. The molecule has 132 valence electrons. The summed E-state index contributed by atoms with van der Waals surface area (Å²) in [5, 5.41) is 11.7. The van der Waals surface area contributed by atoms with Crippen LogP contribution in [-0.4, -0.2) is 51.5 Å². The van der Waals surface area contributed by atoms with E-state index in [1.165, 1.54) is 0 Å². The monoisotopic (exact) mass is 339 g/mol. The number of nitrogens with zero attached hydrogens (tertiary/aromatic N) is 4. The molecule has 1 saturated heterocycles. The number of carbonyl (C=O) groups excluding carboxylic acids is 1. The van der Waals surface area contributed by atoms with Crippen LogP contribution in [0.5, 0.6) is 0 Å². The standard InChI is InChI=1S/C19H25N5O/c1-2-23-12-6-7-15(13-23)20-19(25)17-18(14-10-11-14)24(22-21-17)16-8-4-3-5-9-16/h3-5,8-9,14-15H,2,6-7,10-13H2,1H3,(H,20,25)/t15-/m0/s1. The van der Waals surface area contributed by atoms with Gasteiger partial charge in [0.2, 0.25) is 0 Å². The van der Waals surface area contributed by atoms with Gasteiger partial charge >= 0.3 is 0 Å². The fourth-order valence-electron chi connectivity index (χ4n) is 3.65. The van der Waals surface area contributed by atoms with Crippen LogP contribution in [0, 0.1) is 0 Å². The van der Waals surface area contributed by atoms with E-state index in [0.29, 0.717) is 11.6 Å². The lowest BCUT2D eigenvalue weighted by Crippen LogP contribution is -2.47. The zero-order valence-electron chi connectivity index (χ0n) is 14.7. The molecule has 0 unspecified atom stereocenters. The predicted molar refractivity (Wildman–Crippen MR) is 95.9 cm³/mol. The molecule has 6 nitrogen and oxygen atoms in total. The number of nitrogens with one attached hydrogen (secondary N) is 1. The Hall–Kier alpha value is -2.21. The van der Waals surface area contributed by atoms with Crippen molar-refractivity contribution in [3.8, 4) is 5.69 Å². The summed E-state index contributed by atoms with van der Waals surface area (Å²) in [6.45, 7) is 5.25. The van der Waals surface area contributed by atoms with Gasteiger partial charge in [0.15, 0.2) is 5.69 Å². The molecule has 4 rings (SSSR count). The predicted octanol–water partition coefficient (Wildman–Crippen LogP) is 2.36. The molecule has 2 heterocycles. The third-order valence-electron chi connectivity index (χ3n) is 5.17. The molecule has 0 radical (unpaired) electrons. The number of aromatic nitrogens is 3. The van der Waals surface area contributed by atoms with Gasteiger partial charge in [-0.15, -0.1) is 5.10 Å². The summed E-state index contributed by atoms with van der Waals surface area (Å²) in [7, 11) is 0. The molecule has 1 amide bonds. The van der Waals surface area contributed by atoms with Gasteiger partial charge in [-0.25, -0.2) is 4.68 Å². The van der Waals surface area contributed by atoms with Crippen LogP contribution in [0.1, 0.15) is 54.7 Å². The number of likely N-dealkylation sites (N-methyl/N-ethyl adjacent to an activating group) is 1. The molecule has 2 aliphatic rings. The van der Waals surface area contributed by atoms with Crippen LogP contribution in [0.3, 0.4) is 0 Å². The zero-order valence-corrected chi connectivity index (χ0v) is 14.7. The summed E-state index contributed by atoms with van der Waals surface area (Å²) in [4.78, 5) is 15.2. The van der Waals surface area contributed by atoms with E-state index in [2.05, 4.69) is 27.5 Å². The number of amides is 1. The molecule has 0 spiro atoms. The maximum atomic E-state index is 12.9. The lowest BCUT2D eigenvalue weighted by molar-refractivity contribution is 0.0899. The molecule has 0 bridgehead atoms. The molecule has 1 atom stereocenters. The van der Waals surface area contributed by atoms with E-state index < -0.39 is 0 Å². The van der Waals surface area contributed by atoms with Crippen LogP contribution in [-0.2, 0) is 0 Å². The number of rotatable bonds is 5. The lowest BCUT2D eigenvalue weighted by Gasteiger charge is -2.32. The molecule has 2 fully saturated rings. The normalized spacial score (nSPS) is 21.2. The number of hydrogen-bond donors (Lipinski definition) is 1. The highest BCUT2D eigenvalue weighted by molar-refractivity contribution is 5.94. The van der Waals surface area contributed by atoms with E-state index in [0.717, 1.165) is 56.7 Å². The average molecular weight is 339 g/mol. The van der Waals surface area contributed by atoms with Crippen molar-refractivity contribution in [3.63, 3.8) is 0 Å².